The summed E-state index contributed by atoms with van der Waals surface area (Å²) in [6.07, 6.45) is -2.51. The van der Waals surface area contributed by atoms with Crippen molar-refractivity contribution in [3.63, 3.8) is 0 Å². The van der Waals surface area contributed by atoms with Gasteiger partial charge in [-0.15, -0.1) is 0 Å². The van der Waals surface area contributed by atoms with Crippen LogP contribution in [-0.4, -0.2) is 47.5 Å². The van der Waals surface area contributed by atoms with Gasteiger partial charge in [-0.1, -0.05) is 19.1 Å². The number of anilines is 1. The number of hydrogen-bond donors (Lipinski definition) is 4. The highest BCUT2D eigenvalue weighted by Crippen LogP contribution is 2.35. The van der Waals surface area contributed by atoms with Gasteiger partial charge in [-0.25, -0.2) is 15.0 Å². The number of aliphatic hydroxyl groups is 3. The van der Waals surface area contributed by atoms with E-state index in [1.54, 1.807) is 6.33 Å². The lowest BCUT2D eigenvalue weighted by molar-refractivity contribution is -0.137. The van der Waals surface area contributed by atoms with Crippen molar-refractivity contribution in [3.05, 3.63) is 48.0 Å². The SMILES string of the molecule is C[C@H]1CC(CO)OC1n1cnc2c(N)ncnc21.OC(O)c1ccc(C(F)(F)F)cc1. The molecule has 0 saturated carbocycles. The first kappa shape index (κ1) is 22.9. The standard InChI is InChI=1S/C11H15N5O2.C8H7F3O2/c1-6-2-7(3-17)18-11(6)16-5-15-8-9(12)13-4-14-10(8)16;9-8(10,11)6-3-1-5(2-4-6)7(12)13/h4-7,11,17H,2-3H2,1H3,(H2,12,13,14);1-4,7,12-13H/t6-,7?,11?;/m0./s1. The van der Waals surface area contributed by atoms with Crippen LogP contribution in [0.15, 0.2) is 36.9 Å². The molecule has 9 nitrogen and oxygen atoms in total. The van der Waals surface area contributed by atoms with Crippen LogP contribution >= 0.6 is 0 Å². The maximum Gasteiger partial charge on any atom is 0.416 e. The predicted molar refractivity (Wildman–Crippen MR) is 103 cm³/mol. The van der Waals surface area contributed by atoms with Crippen LogP contribution in [0.5, 0.6) is 0 Å². The van der Waals surface area contributed by atoms with Crippen molar-refractivity contribution >= 4 is 17.0 Å². The quantitative estimate of drug-likeness (QED) is 0.453. The average Bonchev–Trinajstić information content (AvgIpc) is 3.31. The number of nitrogens with two attached hydrogens (primary N) is 1. The smallest absolute Gasteiger partial charge is 0.394 e. The highest BCUT2D eigenvalue weighted by molar-refractivity contribution is 5.81. The molecule has 2 aromatic heterocycles. The van der Waals surface area contributed by atoms with Crippen LogP contribution in [0.25, 0.3) is 11.2 Å². The van der Waals surface area contributed by atoms with E-state index in [4.69, 9.17) is 25.8 Å². The molecule has 0 amide bonds. The Morgan fingerprint density at radius 2 is 1.87 bits per heavy atom. The number of imidazole rings is 1. The number of alkyl halides is 3. The minimum absolute atomic E-state index is 0.0323. The number of benzene rings is 1. The summed E-state index contributed by atoms with van der Waals surface area (Å²) in [7, 11) is 0. The fraction of sp³-hybridized carbons (Fsp3) is 0.421. The summed E-state index contributed by atoms with van der Waals surface area (Å²) in [5, 5.41) is 26.3. The van der Waals surface area contributed by atoms with Crippen LogP contribution in [0.2, 0.25) is 0 Å². The molecule has 3 heterocycles. The number of halogens is 3. The Labute approximate surface area is 175 Å². The molecule has 3 aromatic rings. The van der Waals surface area contributed by atoms with Crippen molar-refractivity contribution in [2.45, 2.75) is 38.1 Å². The minimum Gasteiger partial charge on any atom is -0.394 e. The van der Waals surface area contributed by atoms with Crippen LogP contribution < -0.4 is 5.73 Å². The molecule has 5 N–H and O–H groups in total. The Morgan fingerprint density at radius 1 is 1.19 bits per heavy atom. The zero-order chi connectivity index (χ0) is 22.8. The van der Waals surface area contributed by atoms with E-state index in [0.717, 1.165) is 30.7 Å². The molecule has 12 heteroatoms. The number of nitrogen functional groups attached to an aromatic ring is 1. The van der Waals surface area contributed by atoms with Gasteiger partial charge in [-0.2, -0.15) is 13.2 Å². The molecule has 0 radical (unpaired) electrons. The van der Waals surface area contributed by atoms with Crippen LogP contribution in [-0.2, 0) is 10.9 Å². The van der Waals surface area contributed by atoms with Crippen molar-refractivity contribution in [2.75, 3.05) is 12.3 Å². The average molecular weight is 441 g/mol. The molecule has 168 valence electrons. The summed E-state index contributed by atoms with van der Waals surface area (Å²) in [5.41, 5.74) is 6.22. The first-order valence-electron chi connectivity index (χ1n) is 9.34. The van der Waals surface area contributed by atoms with Gasteiger partial charge in [-0.3, -0.25) is 4.57 Å². The zero-order valence-electron chi connectivity index (χ0n) is 16.4. The number of fused-ring (bicyclic) bond motifs is 1. The number of rotatable bonds is 3. The molecule has 1 aromatic carbocycles. The summed E-state index contributed by atoms with van der Waals surface area (Å²) < 4.78 is 43.6. The number of nitrogens with zero attached hydrogens (tertiary/aromatic N) is 4. The minimum atomic E-state index is -4.39. The second-order valence-electron chi connectivity index (χ2n) is 7.12. The van der Waals surface area contributed by atoms with E-state index < -0.39 is 18.0 Å². The zero-order valence-corrected chi connectivity index (χ0v) is 16.4. The molecule has 0 aliphatic carbocycles. The highest BCUT2D eigenvalue weighted by Gasteiger charge is 2.34. The van der Waals surface area contributed by atoms with Crippen molar-refractivity contribution in [1.29, 1.82) is 0 Å². The van der Waals surface area contributed by atoms with Crippen molar-refractivity contribution in [1.82, 2.24) is 19.5 Å². The fourth-order valence-electron chi connectivity index (χ4n) is 3.28. The van der Waals surface area contributed by atoms with Gasteiger partial charge in [-0.05, 0) is 18.6 Å². The number of aliphatic hydroxyl groups excluding tert-OH is 2. The van der Waals surface area contributed by atoms with Gasteiger partial charge in [0.05, 0.1) is 24.6 Å². The van der Waals surface area contributed by atoms with Crippen molar-refractivity contribution in [2.24, 2.45) is 5.92 Å². The lowest BCUT2D eigenvalue weighted by Gasteiger charge is -2.17. The van der Waals surface area contributed by atoms with Gasteiger partial charge >= 0.3 is 6.18 Å². The normalized spacial score (nSPS) is 21.4. The first-order chi connectivity index (χ1) is 14.6. The van der Waals surface area contributed by atoms with Crippen molar-refractivity contribution < 1.29 is 33.2 Å². The second kappa shape index (κ2) is 9.14. The Balaban J connectivity index is 0.000000187. The second-order valence-corrected chi connectivity index (χ2v) is 7.12. The lowest BCUT2D eigenvalue weighted by Crippen LogP contribution is -2.15. The molecule has 1 aliphatic heterocycles. The van der Waals surface area contributed by atoms with E-state index >= 15 is 0 Å². The van der Waals surface area contributed by atoms with E-state index in [2.05, 4.69) is 21.9 Å². The Morgan fingerprint density at radius 3 is 2.42 bits per heavy atom. The topological polar surface area (TPSA) is 140 Å². The lowest BCUT2D eigenvalue weighted by atomic mass is 10.1. The van der Waals surface area contributed by atoms with Crippen LogP contribution in [0.1, 0.15) is 37.0 Å². The van der Waals surface area contributed by atoms with E-state index in [1.807, 2.05) is 4.57 Å². The molecule has 4 rings (SSSR count). The van der Waals surface area contributed by atoms with Crippen LogP contribution in [0, 0.1) is 5.92 Å². The molecular formula is C19H22F3N5O4. The van der Waals surface area contributed by atoms with Gasteiger partial charge in [0.1, 0.15) is 18.1 Å². The Bertz CT molecular complexity index is 1010. The number of hydrogen-bond acceptors (Lipinski definition) is 8. The maximum absolute atomic E-state index is 12.0. The monoisotopic (exact) mass is 441 g/mol. The molecule has 2 unspecified atom stereocenters. The molecule has 1 saturated heterocycles. The molecule has 1 fully saturated rings. The molecule has 3 atom stereocenters. The third kappa shape index (κ3) is 5.10. The molecule has 1 aliphatic rings. The van der Waals surface area contributed by atoms with E-state index in [-0.39, 0.29) is 30.4 Å². The molecule has 31 heavy (non-hydrogen) atoms. The Hall–Kier alpha value is -2.80. The first-order valence-corrected chi connectivity index (χ1v) is 9.34. The van der Waals surface area contributed by atoms with Crippen LogP contribution in [0.4, 0.5) is 19.0 Å². The van der Waals surface area contributed by atoms with Gasteiger partial charge in [0.2, 0.25) is 0 Å². The summed E-state index contributed by atoms with van der Waals surface area (Å²) >= 11 is 0. The Kier molecular flexibility index (Phi) is 6.74. The third-order valence-corrected chi connectivity index (χ3v) is 4.85. The molecular weight excluding hydrogens is 419 g/mol. The highest BCUT2D eigenvalue weighted by atomic mass is 19.4. The number of aromatic nitrogens is 4. The largest absolute Gasteiger partial charge is 0.416 e. The van der Waals surface area contributed by atoms with E-state index in [1.165, 1.54) is 6.33 Å². The van der Waals surface area contributed by atoms with E-state index in [0.29, 0.717) is 17.0 Å². The van der Waals surface area contributed by atoms with Gasteiger partial charge < -0.3 is 25.8 Å². The van der Waals surface area contributed by atoms with Gasteiger partial charge in [0.25, 0.3) is 0 Å². The van der Waals surface area contributed by atoms with Gasteiger partial charge in [0.15, 0.2) is 17.8 Å². The maximum atomic E-state index is 12.0. The van der Waals surface area contributed by atoms with Gasteiger partial charge in [0, 0.05) is 11.5 Å². The third-order valence-electron chi connectivity index (χ3n) is 4.85. The van der Waals surface area contributed by atoms with Crippen molar-refractivity contribution in [3.8, 4) is 0 Å². The number of ether oxygens (including phenoxy) is 1. The summed E-state index contributed by atoms with van der Waals surface area (Å²) in [4.78, 5) is 12.3. The molecule has 0 spiro atoms. The summed E-state index contributed by atoms with van der Waals surface area (Å²) in [6, 6.07) is 3.64. The summed E-state index contributed by atoms with van der Waals surface area (Å²) in [5.74, 6) is 0.652. The fourth-order valence-corrected chi connectivity index (χ4v) is 3.28. The molecule has 0 bridgehead atoms. The van der Waals surface area contributed by atoms with Crippen LogP contribution in [0.3, 0.4) is 0 Å². The predicted octanol–water partition coefficient (Wildman–Crippen LogP) is 2.01. The summed E-state index contributed by atoms with van der Waals surface area (Å²) in [6.45, 7) is 2.11. The van der Waals surface area contributed by atoms with E-state index in [9.17, 15) is 13.2 Å².